The molecule has 3 rings (SSSR count). The van der Waals surface area contributed by atoms with Crippen LogP contribution in [0.3, 0.4) is 0 Å². The Balaban J connectivity index is 1.64. The third kappa shape index (κ3) is 3.87. The summed E-state index contributed by atoms with van der Waals surface area (Å²) in [5.41, 5.74) is 7.85. The highest BCUT2D eigenvalue weighted by molar-refractivity contribution is 5.92. The zero-order valence-corrected chi connectivity index (χ0v) is 15.3. The standard InChI is InChI=1S/C19H24N4O3/c1-11(2)14-8-15(23-19(20)22-14)18(24)21-9-12-7-13-5-4-6-16(25-3)17(13)26-10-12/h4-6,8,11-12H,7,9-10H2,1-3H3,(H,21,24)(H2,20,22,23)/t12-/m0/s1. The maximum Gasteiger partial charge on any atom is 0.270 e. The average Bonchev–Trinajstić information content (AvgIpc) is 2.64. The highest BCUT2D eigenvalue weighted by Crippen LogP contribution is 2.35. The lowest BCUT2D eigenvalue weighted by molar-refractivity contribution is 0.0933. The molecule has 2 heterocycles. The van der Waals surface area contributed by atoms with E-state index in [9.17, 15) is 4.79 Å². The second kappa shape index (κ2) is 7.59. The summed E-state index contributed by atoms with van der Waals surface area (Å²) in [6.45, 7) is 5.01. The van der Waals surface area contributed by atoms with Gasteiger partial charge >= 0.3 is 0 Å². The minimum absolute atomic E-state index is 0.114. The Morgan fingerprint density at radius 2 is 2.23 bits per heavy atom. The van der Waals surface area contributed by atoms with Gasteiger partial charge in [-0.05, 0) is 30.0 Å². The molecular weight excluding hydrogens is 332 g/mol. The molecule has 3 N–H and O–H groups in total. The monoisotopic (exact) mass is 356 g/mol. The molecule has 0 fully saturated rings. The molecule has 1 atom stereocenters. The Morgan fingerprint density at radius 1 is 1.42 bits per heavy atom. The molecule has 0 spiro atoms. The van der Waals surface area contributed by atoms with Crippen molar-refractivity contribution in [3.05, 3.63) is 41.2 Å². The van der Waals surface area contributed by atoms with E-state index in [-0.39, 0.29) is 23.7 Å². The molecule has 0 aliphatic carbocycles. The summed E-state index contributed by atoms with van der Waals surface area (Å²) in [7, 11) is 1.63. The Labute approximate surface area is 152 Å². The van der Waals surface area contributed by atoms with E-state index in [0.29, 0.717) is 18.8 Å². The number of fused-ring (bicyclic) bond motifs is 1. The number of methoxy groups -OCH3 is 1. The van der Waals surface area contributed by atoms with Crippen LogP contribution in [0.15, 0.2) is 24.3 Å². The van der Waals surface area contributed by atoms with E-state index < -0.39 is 0 Å². The first-order valence-electron chi connectivity index (χ1n) is 8.69. The highest BCUT2D eigenvalue weighted by atomic mass is 16.5. The number of nitrogens with one attached hydrogen (secondary N) is 1. The van der Waals surface area contributed by atoms with Crippen molar-refractivity contribution in [2.75, 3.05) is 26.0 Å². The second-order valence-corrected chi connectivity index (χ2v) is 6.73. The summed E-state index contributed by atoms with van der Waals surface area (Å²) in [5, 5.41) is 2.93. The van der Waals surface area contributed by atoms with Gasteiger partial charge in [0.05, 0.1) is 13.7 Å². The minimum Gasteiger partial charge on any atom is -0.493 e. The number of nitrogens with zero attached hydrogens (tertiary/aromatic N) is 2. The van der Waals surface area contributed by atoms with Crippen molar-refractivity contribution in [2.45, 2.75) is 26.2 Å². The van der Waals surface area contributed by atoms with Gasteiger partial charge in [-0.25, -0.2) is 9.97 Å². The number of benzene rings is 1. The molecule has 7 heteroatoms. The number of nitrogens with two attached hydrogens (primary N) is 1. The average molecular weight is 356 g/mol. The highest BCUT2D eigenvalue weighted by Gasteiger charge is 2.23. The summed E-state index contributed by atoms with van der Waals surface area (Å²) in [6.07, 6.45) is 0.815. The van der Waals surface area contributed by atoms with Gasteiger partial charge in [0.15, 0.2) is 11.5 Å². The second-order valence-electron chi connectivity index (χ2n) is 6.73. The van der Waals surface area contributed by atoms with Crippen molar-refractivity contribution >= 4 is 11.9 Å². The summed E-state index contributed by atoms with van der Waals surface area (Å²) in [4.78, 5) is 20.6. The molecule has 0 unspecified atom stereocenters. The van der Waals surface area contributed by atoms with E-state index in [1.165, 1.54) is 0 Å². The quantitative estimate of drug-likeness (QED) is 0.852. The van der Waals surface area contributed by atoms with E-state index in [4.69, 9.17) is 15.2 Å². The number of nitrogen functional groups attached to an aromatic ring is 1. The van der Waals surface area contributed by atoms with E-state index in [0.717, 1.165) is 29.2 Å². The molecule has 1 aromatic carbocycles. The molecular formula is C19H24N4O3. The van der Waals surface area contributed by atoms with Crippen molar-refractivity contribution in [1.29, 1.82) is 0 Å². The molecule has 0 saturated heterocycles. The van der Waals surface area contributed by atoms with Gasteiger partial charge in [0.2, 0.25) is 5.95 Å². The molecule has 26 heavy (non-hydrogen) atoms. The largest absolute Gasteiger partial charge is 0.493 e. The van der Waals surface area contributed by atoms with Gasteiger partial charge in [-0.2, -0.15) is 0 Å². The Kier molecular flexibility index (Phi) is 5.25. The van der Waals surface area contributed by atoms with Crippen molar-refractivity contribution < 1.29 is 14.3 Å². The maximum atomic E-state index is 12.4. The van der Waals surface area contributed by atoms with Crippen LogP contribution in [0.5, 0.6) is 11.5 Å². The minimum atomic E-state index is -0.252. The number of ether oxygens (including phenoxy) is 2. The van der Waals surface area contributed by atoms with Crippen LogP contribution in [-0.4, -0.2) is 36.1 Å². The van der Waals surface area contributed by atoms with Crippen LogP contribution in [0.25, 0.3) is 0 Å². The van der Waals surface area contributed by atoms with Crippen LogP contribution in [0.1, 0.15) is 41.5 Å². The molecule has 1 aliphatic heterocycles. The molecule has 1 aromatic heterocycles. The first-order chi connectivity index (χ1) is 12.5. The Hall–Kier alpha value is -2.83. The smallest absolute Gasteiger partial charge is 0.270 e. The van der Waals surface area contributed by atoms with Gasteiger partial charge in [-0.15, -0.1) is 0 Å². The summed E-state index contributed by atoms with van der Waals surface area (Å²) in [6, 6.07) is 7.53. The Bertz CT molecular complexity index is 807. The van der Waals surface area contributed by atoms with Crippen LogP contribution >= 0.6 is 0 Å². The fourth-order valence-corrected chi connectivity index (χ4v) is 2.97. The topological polar surface area (TPSA) is 99.4 Å². The number of carbonyl (C=O) groups is 1. The third-order valence-corrected chi connectivity index (χ3v) is 4.39. The van der Waals surface area contributed by atoms with Gasteiger partial charge in [0.1, 0.15) is 5.69 Å². The van der Waals surface area contributed by atoms with E-state index >= 15 is 0 Å². The molecule has 0 saturated carbocycles. The van der Waals surface area contributed by atoms with Crippen molar-refractivity contribution in [3.63, 3.8) is 0 Å². The zero-order chi connectivity index (χ0) is 18.7. The van der Waals surface area contributed by atoms with Crippen molar-refractivity contribution in [3.8, 4) is 11.5 Å². The van der Waals surface area contributed by atoms with Crippen molar-refractivity contribution in [1.82, 2.24) is 15.3 Å². The number of para-hydroxylation sites is 1. The maximum absolute atomic E-state index is 12.4. The van der Waals surface area contributed by atoms with E-state index in [1.807, 2.05) is 32.0 Å². The molecule has 0 bridgehead atoms. The van der Waals surface area contributed by atoms with Crippen LogP contribution in [-0.2, 0) is 6.42 Å². The lowest BCUT2D eigenvalue weighted by atomic mass is 9.96. The number of hydrogen-bond donors (Lipinski definition) is 2. The predicted molar refractivity (Wildman–Crippen MR) is 98.5 cm³/mol. The summed E-state index contributed by atoms with van der Waals surface area (Å²) in [5.74, 6) is 1.75. The number of anilines is 1. The number of hydrogen-bond acceptors (Lipinski definition) is 6. The number of aromatic nitrogens is 2. The normalized spacial score (nSPS) is 15.9. The first kappa shape index (κ1) is 18.0. The fraction of sp³-hybridized carbons (Fsp3) is 0.421. The van der Waals surface area contributed by atoms with E-state index in [2.05, 4.69) is 15.3 Å². The van der Waals surface area contributed by atoms with E-state index in [1.54, 1.807) is 13.2 Å². The van der Waals surface area contributed by atoms with Gasteiger partial charge in [0, 0.05) is 18.2 Å². The number of carbonyl (C=O) groups excluding carboxylic acids is 1. The SMILES string of the molecule is COc1cccc2c1OC[C@H](CNC(=O)c1cc(C(C)C)nc(N)n1)C2. The predicted octanol–water partition coefficient (Wildman–Crippen LogP) is 2.17. The molecule has 1 amide bonds. The van der Waals surface area contributed by atoms with Gasteiger partial charge in [0.25, 0.3) is 5.91 Å². The summed E-state index contributed by atoms with van der Waals surface area (Å²) >= 11 is 0. The first-order valence-corrected chi connectivity index (χ1v) is 8.69. The van der Waals surface area contributed by atoms with Crippen LogP contribution < -0.4 is 20.5 Å². The number of rotatable bonds is 5. The zero-order valence-electron chi connectivity index (χ0n) is 15.3. The molecule has 0 radical (unpaired) electrons. The lowest BCUT2D eigenvalue weighted by Crippen LogP contribution is -2.35. The molecule has 1 aliphatic rings. The molecule has 7 nitrogen and oxygen atoms in total. The van der Waals surface area contributed by atoms with Crippen LogP contribution in [0, 0.1) is 5.92 Å². The third-order valence-electron chi connectivity index (χ3n) is 4.39. The summed E-state index contributed by atoms with van der Waals surface area (Å²) < 4.78 is 11.2. The Morgan fingerprint density at radius 3 is 2.96 bits per heavy atom. The molecule has 138 valence electrons. The van der Waals surface area contributed by atoms with Crippen LogP contribution in [0.2, 0.25) is 0 Å². The number of amides is 1. The fourth-order valence-electron chi connectivity index (χ4n) is 2.97. The van der Waals surface area contributed by atoms with Crippen LogP contribution in [0.4, 0.5) is 5.95 Å². The van der Waals surface area contributed by atoms with Gasteiger partial charge in [-0.3, -0.25) is 4.79 Å². The lowest BCUT2D eigenvalue weighted by Gasteiger charge is -2.26. The molecule has 2 aromatic rings. The van der Waals surface area contributed by atoms with Gasteiger partial charge < -0.3 is 20.5 Å². The van der Waals surface area contributed by atoms with Gasteiger partial charge in [-0.1, -0.05) is 26.0 Å². The van der Waals surface area contributed by atoms with Crippen molar-refractivity contribution in [2.24, 2.45) is 5.92 Å².